The highest BCUT2D eigenvalue weighted by Crippen LogP contribution is 2.22. The molecule has 0 fully saturated rings. The SMILES string of the molecule is CN(C)C(=O)C(N)Cc1ccc(Oc2ccc(C(=O)NO)cc2)cc1. The molecule has 25 heavy (non-hydrogen) atoms. The number of carbonyl (C=O) groups is 2. The second-order valence-electron chi connectivity index (χ2n) is 5.75. The molecule has 0 aromatic heterocycles. The van der Waals surface area contributed by atoms with Crippen molar-refractivity contribution in [2.24, 2.45) is 5.73 Å². The zero-order valence-electron chi connectivity index (χ0n) is 14.1. The first-order valence-electron chi connectivity index (χ1n) is 7.68. The number of amides is 2. The molecule has 2 amide bonds. The van der Waals surface area contributed by atoms with Gasteiger partial charge in [-0.25, -0.2) is 5.48 Å². The van der Waals surface area contributed by atoms with Crippen molar-refractivity contribution in [2.75, 3.05) is 14.1 Å². The Kier molecular flexibility index (Phi) is 6.10. The maximum atomic E-state index is 11.8. The minimum atomic E-state index is -0.584. The summed E-state index contributed by atoms with van der Waals surface area (Å²) in [5.74, 6) is 0.476. The van der Waals surface area contributed by atoms with Crippen LogP contribution in [-0.4, -0.2) is 42.1 Å². The highest BCUT2D eigenvalue weighted by molar-refractivity contribution is 5.93. The van der Waals surface area contributed by atoms with E-state index in [2.05, 4.69) is 0 Å². The lowest BCUT2D eigenvalue weighted by molar-refractivity contribution is -0.130. The van der Waals surface area contributed by atoms with Gasteiger partial charge in [-0.3, -0.25) is 14.8 Å². The third-order valence-electron chi connectivity index (χ3n) is 3.59. The van der Waals surface area contributed by atoms with Crippen LogP contribution in [0.3, 0.4) is 0 Å². The van der Waals surface area contributed by atoms with E-state index in [4.69, 9.17) is 15.7 Å². The standard InChI is InChI=1S/C18H21N3O4/c1-21(2)18(23)16(19)11-12-3-7-14(8-4-12)25-15-9-5-13(6-10-15)17(22)20-24/h3-10,16,24H,11,19H2,1-2H3,(H,20,22). The average molecular weight is 343 g/mol. The van der Waals surface area contributed by atoms with Gasteiger partial charge in [-0.1, -0.05) is 12.1 Å². The Morgan fingerprint density at radius 2 is 1.60 bits per heavy atom. The number of nitrogens with zero attached hydrogens (tertiary/aromatic N) is 1. The molecule has 1 atom stereocenters. The Hall–Kier alpha value is -2.90. The third kappa shape index (κ3) is 5.03. The van der Waals surface area contributed by atoms with Crippen molar-refractivity contribution in [3.05, 3.63) is 59.7 Å². The number of ether oxygens (including phenoxy) is 1. The number of nitrogens with two attached hydrogens (primary N) is 1. The molecule has 0 spiro atoms. The molecule has 0 radical (unpaired) electrons. The van der Waals surface area contributed by atoms with E-state index in [-0.39, 0.29) is 5.91 Å². The Morgan fingerprint density at radius 1 is 1.08 bits per heavy atom. The number of hydrogen-bond acceptors (Lipinski definition) is 5. The van der Waals surface area contributed by atoms with E-state index in [0.29, 0.717) is 23.5 Å². The van der Waals surface area contributed by atoms with Crippen LogP contribution in [0.15, 0.2) is 48.5 Å². The molecular formula is C18H21N3O4. The fraction of sp³-hybridized carbons (Fsp3) is 0.222. The van der Waals surface area contributed by atoms with Crippen molar-refractivity contribution < 1.29 is 19.5 Å². The van der Waals surface area contributed by atoms with Crippen LogP contribution < -0.4 is 16.0 Å². The van der Waals surface area contributed by atoms with Gasteiger partial charge in [-0.05, 0) is 48.4 Å². The smallest absolute Gasteiger partial charge is 0.274 e. The third-order valence-corrected chi connectivity index (χ3v) is 3.59. The topological polar surface area (TPSA) is 105 Å². The summed E-state index contributed by atoms with van der Waals surface area (Å²) in [5, 5.41) is 8.58. The lowest BCUT2D eigenvalue weighted by atomic mass is 10.1. The van der Waals surface area contributed by atoms with E-state index in [0.717, 1.165) is 5.56 Å². The van der Waals surface area contributed by atoms with Crippen LogP contribution in [0.4, 0.5) is 0 Å². The van der Waals surface area contributed by atoms with Gasteiger partial charge in [0.05, 0.1) is 6.04 Å². The predicted octanol–water partition coefficient (Wildman–Crippen LogP) is 1.56. The maximum absolute atomic E-state index is 11.8. The van der Waals surface area contributed by atoms with Crippen LogP contribution in [0.1, 0.15) is 15.9 Å². The van der Waals surface area contributed by atoms with Gasteiger partial charge in [0.1, 0.15) is 11.5 Å². The number of rotatable bonds is 6. The van der Waals surface area contributed by atoms with E-state index in [1.54, 1.807) is 56.0 Å². The Bertz CT molecular complexity index is 727. The van der Waals surface area contributed by atoms with Crippen LogP contribution in [0.25, 0.3) is 0 Å². The molecule has 0 aliphatic carbocycles. The number of nitrogens with one attached hydrogen (secondary N) is 1. The summed E-state index contributed by atoms with van der Waals surface area (Å²) < 4.78 is 5.69. The van der Waals surface area contributed by atoms with E-state index in [9.17, 15) is 9.59 Å². The molecule has 4 N–H and O–H groups in total. The van der Waals surface area contributed by atoms with Crippen molar-refractivity contribution in [1.29, 1.82) is 0 Å². The molecule has 0 aliphatic heterocycles. The van der Waals surface area contributed by atoms with Crippen molar-refractivity contribution in [1.82, 2.24) is 10.4 Å². The molecule has 0 bridgehead atoms. The van der Waals surface area contributed by atoms with Gasteiger partial charge in [0, 0.05) is 19.7 Å². The van der Waals surface area contributed by atoms with Crippen LogP contribution in [0, 0.1) is 0 Å². The Morgan fingerprint density at radius 3 is 2.08 bits per heavy atom. The summed E-state index contributed by atoms with van der Waals surface area (Å²) in [4.78, 5) is 24.5. The maximum Gasteiger partial charge on any atom is 0.274 e. The van der Waals surface area contributed by atoms with Crippen molar-refractivity contribution in [2.45, 2.75) is 12.5 Å². The highest BCUT2D eigenvalue weighted by Gasteiger charge is 2.15. The van der Waals surface area contributed by atoms with Crippen LogP contribution >= 0.6 is 0 Å². The minimum Gasteiger partial charge on any atom is -0.457 e. The van der Waals surface area contributed by atoms with Crippen LogP contribution in [0.5, 0.6) is 11.5 Å². The number of hydroxylamine groups is 1. The largest absolute Gasteiger partial charge is 0.457 e. The van der Waals surface area contributed by atoms with E-state index >= 15 is 0 Å². The number of hydrogen-bond donors (Lipinski definition) is 3. The quantitative estimate of drug-likeness (QED) is 0.545. The zero-order chi connectivity index (χ0) is 18.4. The first-order chi connectivity index (χ1) is 11.9. The first kappa shape index (κ1) is 18.4. The van der Waals surface area contributed by atoms with Crippen molar-refractivity contribution >= 4 is 11.8 Å². The molecular weight excluding hydrogens is 322 g/mol. The van der Waals surface area contributed by atoms with Crippen molar-refractivity contribution in [3.8, 4) is 11.5 Å². The Balaban J connectivity index is 1.98. The summed E-state index contributed by atoms with van der Waals surface area (Å²) in [7, 11) is 3.35. The molecule has 7 heteroatoms. The van der Waals surface area contributed by atoms with Crippen LogP contribution in [0.2, 0.25) is 0 Å². The van der Waals surface area contributed by atoms with Gasteiger partial charge < -0.3 is 15.4 Å². The minimum absolute atomic E-state index is 0.118. The summed E-state index contributed by atoms with van der Waals surface area (Å²) in [6.45, 7) is 0. The molecule has 2 aromatic carbocycles. The fourth-order valence-electron chi connectivity index (χ4n) is 2.24. The normalized spacial score (nSPS) is 11.5. The second-order valence-corrected chi connectivity index (χ2v) is 5.75. The van der Waals surface area contributed by atoms with E-state index in [1.807, 2.05) is 12.1 Å². The predicted molar refractivity (Wildman–Crippen MR) is 92.6 cm³/mol. The average Bonchev–Trinajstić information content (AvgIpc) is 2.62. The lowest BCUT2D eigenvalue weighted by Crippen LogP contribution is -2.41. The molecule has 7 nitrogen and oxygen atoms in total. The fourth-order valence-corrected chi connectivity index (χ4v) is 2.24. The molecule has 2 aromatic rings. The van der Waals surface area contributed by atoms with Gasteiger partial charge in [0.15, 0.2) is 0 Å². The van der Waals surface area contributed by atoms with E-state index in [1.165, 1.54) is 4.90 Å². The summed E-state index contributed by atoms with van der Waals surface area (Å²) in [5.41, 5.74) is 8.72. The monoisotopic (exact) mass is 343 g/mol. The summed E-state index contributed by atoms with van der Waals surface area (Å²) in [6, 6.07) is 13.0. The number of likely N-dealkylation sites (N-methyl/N-ethyl adjacent to an activating group) is 1. The highest BCUT2D eigenvalue weighted by atomic mass is 16.5. The first-order valence-corrected chi connectivity index (χ1v) is 7.68. The van der Waals surface area contributed by atoms with Gasteiger partial charge in [-0.2, -0.15) is 0 Å². The molecule has 0 saturated carbocycles. The summed E-state index contributed by atoms with van der Waals surface area (Å²) in [6.07, 6.45) is 0.447. The second kappa shape index (κ2) is 8.27. The molecule has 0 saturated heterocycles. The van der Waals surface area contributed by atoms with Gasteiger partial charge in [-0.15, -0.1) is 0 Å². The van der Waals surface area contributed by atoms with Crippen molar-refractivity contribution in [3.63, 3.8) is 0 Å². The number of carbonyl (C=O) groups excluding carboxylic acids is 2. The van der Waals surface area contributed by atoms with Gasteiger partial charge in [0.2, 0.25) is 5.91 Å². The number of benzene rings is 2. The van der Waals surface area contributed by atoms with E-state index < -0.39 is 11.9 Å². The summed E-state index contributed by atoms with van der Waals surface area (Å²) >= 11 is 0. The Labute approximate surface area is 146 Å². The molecule has 2 rings (SSSR count). The molecule has 0 aliphatic rings. The zero-order valence-corrected chi connectivity index (χ0v) is 14.1. The van der Waals surface area contributed by atoms with Gasteiger partial charge in [0.25, 0.3) is 5.91 Å². The van der Waals surface area contributed by atoms with Crippen LogP contribution in [-0.2, 0) is 11.2 Å². The molecule has 1 unspecified atom stereocenters. The molecule has 0 heterocycles. The van der Waals surface area contributed by atoms with Gasteiger partial charge >= 0.3 is 0 Å². The molecule has 132 valence electrons. The lowest BCUT2D eigenvalue weighted by Gasteiger charge is -2.16.